The summed E-state index contributed by atoms with van der Waals surface area (Å²) in [5.74, 6) is -0.705. The number of hydrogen-bond donors (Lipinski definition) is 2. The number of para-hydroxylation sites is 2. The van der Waals surface area contributed by atoms with Gasteiger partial charge in [-0.1, -0.05) is 25.1 Å². The van der Waals surface area contributed by atoms with E-state index in [1.54, 1.807) is 30.3 Å². The smallest absolute Gasteiger partial charge is 0.310 e. The Labute approximate surface area is 163 Å². The number of hydrogen-bond acceptors (Lipinski definition) is 5. The molecule has 2 N–H and O–H groups in total. The van der Waals surface area contributed by atoms with Gasteiger partial charge in [0.05, 0.1) is 4.92 Å². The molecule has 2 rings (SSSR count). The Kier molecular flexibility index (Phi) is 7.08. The lowest BCUT2D eigenvalue weighted by atomic mass is 10.1. The fraction of sp³-hybridized carbons (Fsp3) is 0.300. The van der Waals surface area contributed by atoms with Crippen LogP contribution in [0.1, 0.15) is 37.6 Å². The van der Waals surface area contributed by atoms with Gasteiger partial charge in [-0.2, -0.15) is 0 Å². The number of nitro benzene ring substituents is 1. The van der Waals surface area contributed by atoms with Crippen LogP contribution in [0.4, 0.5) is 11.4 Å². The van der Waals surface area contributed by atoms with Gasteiger partial charge in [-0.05, 0) is 44.5 Å². The first kappa shape index (κ1) is 20.9. The molecule has 2 aromatic rings. The van der Waals surface area contributed by atoms with Crippen molar-refractivity contribution in [2.24, 2.45) is 0 Å². The number of nitrogens with one attached hydrogen (secondary N) is 2. The first-order chi connectivity index (χ1) is 13.3. The zero-order valence-electron chi connectivity index (χ0n) is 16.0. The monoisotopic (exact) mass is 385 g/mol. The quantitative estimate of drug-likeness (QED) is 0.533. The summed E-state index contributed by atoms with van der Waals surface area (Å²) >= 11 is 0. The number of anilines is 1. The van der Waals surface area contributed by atoms with Crippen LogP contribution in [0.3, 0.4) is 0 Å². The van der Waals surface area contributed by atoms with Crippen LogP contribution in [0.25, 0.3) is 0 Å². The maximum absolute atomic E-state index is 12.4. The van der Waals surface area contributed by atoms with Crippen molar-refractivity contribution >= 4 is 23.2 Å². The molecule has 0 aliphatic rings. The average molecular weight is 385 g/mol. The second kappa shape index (κ2) is 9.50. The number of benzene rings is 2. The van der Waals surface area contributed by atoms with E-state index in [9.17, 15) is 19.7 Å². The highest BCUT2D eigenvalue weighted by molar-refractivity contribution is 5.98. The molecule has 0 aliphatic carbocycles. The molecule has 2 unspecified atom stereocenters. The van der Waals surface area contributed by atoms with Crippen LogP contribution in [0, 0.1) is 10.1 Å². The molecular weight excluding hydrogens is 362 g/mol. The van der Waals surface area contributed by atoms with Gasteiger partial charge < -0.3 is 15.4 Å². The third kappa shape index (κ3) is 5.54. The van der Waals surface area contributed by atoms with Gasteiger partial charge >= 0.3 is 5.69 Å². The van der Waals surface area contributed by atoms with Crippen LogP contribution in [0.2, 0.25) is 0 Å². The van der Waals surface area contributed by atoms with Crippen molar-refractivity contribution in [1.82, 2.24) is 5.32 Å². The van der Waals surface area contributed by atoms with E-state index in [1.807, 2.05) is 13.8 Å². The van der Waals surface area contributed by atoms with Gasteiger partial charge in [0.1, 0.15) is 0 Å². The van der Waals surface area contributed by atoms with Gasteiger partial charge in [-0.3, -0.25) is 19.7 Å². The molecule has 0 saturated carbocycles. The highest BCUT2D eigenvalue weighted by Gasteiger charge is 2.21. The van der Waals surface area contributed by atoms with Gasteiger partial charge in [0.2, 0.25) is 0 Å². The SMILES string of the molecule is CCC(C)NC(=O)c1cccc(NC(=O)C(C)Oc2ccccc2[N+](=O)[O-])c1. The first-order valence-electron chi connectivity index (χ1n) is 8.93. The summed E-state index contributed by atoms with van der Waals surface area (Å²) in [6.07, 6.45) is -0.165. The molecule has 8 heteroatoms. The number of amides is 2. The highest BCUT2D eigenvalue weighted by Crippen LogP contribution is 2.27. The van der Waals surface area contributed by atoms with Crippen LogP contribution in [-0.4, -0.2) is 28.9 Å². The Morgan fingerprint density at radius 3 is 2.54 bits per heavy atom. The Morgan fingerprint density at radius 1 is 1.14 bits per heavy atom. The minimum absolute atomic E-state index is 0.0110. The minimum Gasteiger partial charge on any atom is -0.474 e. The molecule has 8 nitrogen and oxygen atoms in total. The summed E-state index contributed by atoms with van der Waals surface area (Å²) in [4.78, 5) is 35.1. The minimum atomic E-state index is -0.973. The molecule has 28 heavy (non-hydrogen) atoms. The highest BCUT2D eigenvalue weighted by atomic mass is 16.6. The summed E-state index contributed by atoms with van der Waals surface area (Å²) < 4.78 is 5.45. The Bertz CT molecular complexity index is 868. The molecule has 0 spiro atoms. The van der Waals surface area contributed by atoms with E-state index in [1.165, 1.54) is 25.1 Å². The van der Waals surface area contributed by atoms with Gasteiger partial charge in [0.15, 0.2) is 11.9 Å². The number of nitro groups is 1. The van der Waals surface area contributed by atoms with E-state index < -0.39 is 16.9 Å². The topological polar surface area (TPSA) is 111 Å². The van der Waals surface area contributed by atoms with Gasteiger partial charge in [-0.15, -0.1) is 0 Å². The first-order valence-corrected chi connectivity index (χ1v) is 8.93. The van der Waals surface area contributed by atoms with E-state index in [0.717, 1.165) is 6.42 Å². The Morgan fingerprint density at radius 2 is 1.86 bits per heavy atom. The van der Waals surface area contributed by atoms with Crippen LogP contribution < -0.4 is 15.4 Å². The summed E-state index contributed by atoms with van der Waals surface area (Å²) in [5, 5.41) is 16.6. The zero-order chi connectivity index (χ0) is 20.7. The molecule has 0 fully saturated rings. The fourth-order valence-corrected chi connectivity index (χ4v) is 2.34. The van der Waals surface area contributed by atoms with Crippen molar-refractivity contribution in [3.05, 3.63) is 64.2 Å². The summed E-state index contributed by atoms with van der Waals surface area (Å²) in [7, 11) is 0. The van der Waals surface area contributed by atoms with E-state index in [4.69, 9.17) is 4.74 Å². The van der Waals surface area contributed by atoms with Crippen molar-refractivity contribution in [1.29, 1.82) is 0 Å². The molecule has 2 atom stereocenters. The number of ether oxygens (including phenoxy) is 1. The largest absolute Gasteiger partial charge is 0.474 e. The molecule has 148 valence electrons. The van der Waals surface area contributed by atoms with Crippen molar-refractivity contribution in [2.45, 2.75) is 39.3 Å². The maximum Gasteiger partial charge on any atom is 0.310 e. The van der Waals surface area contributed by atoms with Gasteiger partial charge in [-0.25, -0.2) is 0 Å². The van der Waals surface area contributed by atoms with Crippen molar-refractivity contribution in [3.8, 4) is 5.75 Å². The molecular formula is C20H23N3O5. The van der Waals surface area contributed by atoms with E-state index in [-0.39, 0.29) is 23.4 Å². The van der Waals surface area contributed by atoms with Crippen LogP contribution in [0.5, 0.6) is 5.75 Å². The third-order valence-electron chi connectivity index (χ3n) is 4.12. The normalized spacial score (nSPS) is 12.5. The van der Waals surface area contributed by atoms with Crippen LogP contribution in [-0.2, 0) is 4.79 Å². The third-order valence-corrected chi connectivity index (χ3v) is 4.12. The summed E-state index contributed by atoms with van der Waals surface area (Å²) in [5.41, 5.74) is 0.635. The summed E-state index contributed by atoms with van der Waals surface area (Å²) in [6, 6.07) is 12.4. The van der Waals surface area contributed by atoms with Crippen LogP contribution in [0.15, 0.2) is 48.5 Å². The van der Waals surface area contributed by atoms with Gasteiger partial charge in [0, 0.05) is 23.4 Å². The molecule has 0 aliphatic heterocycles. The predicted octanol–water partition coefficient (Wildman–Crippen LogP) is 3.53. The standard InChI is InChI=1S/C20H23N3O5/c1-4-13(2)21-20(25)15-8-7-9-16(12-15)22-19(24)14(3)28-18-11-6-5-10-17(18)23(26)27/h5-14H,4H2,1-3H3,(H,21,25)(H,22,24). The number of carbonyl (C=O) groups excluding carboxylic acids is 2. The molecule has 0 bridgehead atoms. The van der Waals surface area contributed by atoms with Gasteiger partial charge in [0.25, 0.3) is 11.8 Å². The second-order valence-corrected chi connectivity index (χ2v) is 6.34. The lowest BCUT2D eigenvalue weighted by molar-refractivity contribution is -0.386. The Balaban J connectivity index is 2.05. The average Bonchev–Trinajstić information content (AvgIpc) is 2.68. The molecule has 2 amide bonds. The zero-order valence-corrected chi connectivity index (χ0v) is 16.0. The molecule has 0 aromatic heterocycles. The molecule has 0 heterocycles. The van der Waals surface area contributed by atoms with Crippen molar-refractivity contribution in [3.63, 3.8) is 0 Å². The molecule has 0 saturated heterocycles. The molecule has 2 aromatic carbocycles. The number of nitrogens with zero attached hydrogens (tertiary/aromatic N) is 1. The lowest BCUT2D eigenvalue weighted by Gasteiger charge is -2.15. The maximum atomic E-state index is 12.4. The van der Waals surface area contributed by atoms with Crippen molar-refractivity contribution in [2.75, 3.05) is 5.32 Å². The van der Waals surface area contributed by atoms with E-state index in [0.29, 0.717) is 11.3 Å². The summed E-state index contributed by atoms with van der Waals surface area (Å²) in [6.45, 7) is 5.37. The number of rotatable bonds is 8. The Hall–Kier alpha value is -3.42. The molecule has 0 radical (unpaired) electrons. The van der Waals surface area contributed by atoms with Crippen LogP contribution >= 0.6 is 0 Å². The van der Waals surface area contributed by atoms with E-state index in [2.05, 4.69) is 10.6 Å². The van der Waals surface area contributed by atoms with E-state index >= 15 is 0 Å². The van der Waals surface area contributed by atoms with Crippen molar-refractivity contribution < 1.29 is 19.2 Å². The lowest BCUT2D eigenvalue weighted by Crippen LogP contribution is -2.32. The fourth-order valence-electron chi connectivity index (χ4n) is 2.34. The number of carbonyl (C=O) groups is 2. The predicted molar refractivity (Wildman–Crippen MR) is 105 cm³/mol. The second-order valence-electron chi connectivity index (χ2n) is 6.34.